The maximum absolute atomic E-state index is 12.5. The fourth-order valence-corrected chi connectivity index (χ4v) is 5.33. The summed E-state index contributed by atoms with van der Waals surface area (Å²) in [6, 6.07) is 7.47. The van der Waals surface area contributed by atoms with Gasteiger partial charge in [0.05, 0.1) is 5.02 Å². The molecule has 2 aliphatic rings. The Morgan fingerprint density at radius 1 is 1.39 bits per heavy atom. The first kappa shape index (κ1) is 21.8. The number of furan rings is 1. The monoisotopic (exact) mass is 526 g/mol. The highest BCUT2D eigenvalue weighted by atomic mass is 79.9. The van der Waals surface area contributed by atoms with Crippen LogP contribution >= 0.6 is 39.3 Å². The summed E-state index contributed by atoms with van der Waals surface area (Å²) in [7, 11) is 0. The molecule has 0 saturated carbocycles. The summed E-state index contributed by atoms with van der Waals surface area (Å²) in [6.07, 6.45) is 0. The van der Waals surface area contributed by atoms with Crippen molar-refractivity contribution in [2.45, 2.75) is 24.9 Å². The second kappa shape index (κ2) is 8.60. The van der Waals surface area contributed by atoms with Gasteiger partial charge in [-0.1, -0.05) is 27.5 Å². The number of amides is 2. The smallest absolute Gasteiger partial charge is 0.352 e. The van der Waals surface area contributed by atoms with Crippen molar-refractivity contribution in [3.8, 4) is 5.75 Å². The average Bonchev–Trinajstić information content (AvgIpc) is 3.20. The Morgan fingerprint density at radius 2 is 2.16 bits per heavy atom. The number of hydrogen-bond acceptors (Lipinski definition) is 6. The van der Waals surface area contributed by atoms with E-state index in [4.69, 9.17) is 20.8 Å². The molecule has 0 bridgehead atoms. The second-order valence-electron chi connectivity index (χ2n) is 6.92. The molecule has 0 unspecified atom stereocenters. The summed E-state index contributed by atoms with van der Waals surface area (Å²) in [6.45, 7) is 1.75. The number of carboxylic acids is 1. The van der Waals surface area contributed by atoms with Crippen LogP contribution in [-0.4, -0.2) is 45.0 Å². The summed E-state index contributed by atoms with van der Waals surface area (Å²) in [5.41, 5.74) is 0.608. The lowest BCUT2D eigenvalue weighted by Crippen LogP contribution is -2.70. The summed E-state index contributed by atoms with van der Waals surface area (Å²) >= 11 is 10.8. The number of nitrogens with one attached hydrogen (secondary N) is 1. The van der Waals surface area contributed by atoms with Gasteiger partial charge in [0, 0.05) is 10.2 Å². The number of carbonyl (C=O) groups is 3. The van der Waals surface area contributed by atoms with E-state index in [1.807, 2.05) is 0 Å². The number of β-lactam (4-membered cyclic amide) rings is 1. The minimum atomic E-state index is -1.15. The third-order valence-electron chi connectivity index (χ3n) is 4.80. The topological polar surface area (TPSA) is 109 Å². The number of halogens is 2. The normalized spacial score (nSPS) is 20.2. The van der Waals surface area contributed by atoms with E-state index < -0.39 is 29.2 Å². The van der Waals surface area contributed by atoms with E-state index in [-0.39, 0.29) is 18.1 Å². The Bertz CT molecular complexity index is 1120. The number of aliphatic carboxylic acids is 1. The predicted octanol–water partition coefficient (Wildman–Crippen LogP) is 3.65. The van der Waals surface area contributed by atoms with Crippen LogP contribution in [-0.2, 0) is 16.2 Å². The fraction of sp³-hybridized carbons (Fsp3) is 0.250. The molecule has 2 aromatic rings. The predicted molar refractivity (Wildman–Crippen MR) is 117 cm³/mol. The molecule has 31 heavy (non-hydrogen) atoms. The zero-order chi connectivity index (χ0) is 22.3. The van der Waals surface area contributed by atoms with Crippen molar-refractivity contribution >= 4 is 57.1 Å². The minimum Gasteiger partial charge on any atom is -0.484 e. The van der Waals surface area contributed by atoms with E-state index >= 15 is 0 Å². The van der Waals surface area contributed by atoms with E-state index in [1.54, 1.807) is 31.2 Å². The van der Waals surface area contributed by atoms with Gasteiger partial charge in [-0.3, -0.25) is 14.5 Å². The fourth-order valence-electron chi connectivity index (χ4n) is 3.31. The Balaban J connectivity index is 1.38. The molecular weight excluding hydrogens is 512 g/mol. The van der Waals surface area contributed by atoms with Crippen molar-refractivity contribution in [3.63, 3.8) is 0 Å². The highest BCUT2D eigenvalue weighted by Gasteiger charge is 2.53. The SMILES string of the molecule is CC1=C(C(=O)O)N2C(=O)[C@@H](NC(=O)c3ccc(COc4ccc(Br)cc4Cl)o3)[C@H]2SC1. The van der Waals surface area contributed by atoms with Crippen molar-refractivity contribution in [3.05, 3.63) is 62.6 Å². The number of carboxylic acid groups (broad SMARTS) is 1. The van der Waals surface area contributed by atoms with Crippen LogP contribution in [0, 0.1) is 0 Å². The lowest BCUT2D eigenvalue weighted by atomic mass is 10.0. The third kappa shape index (κ3) is 4.19. The maximum atomic E-state index is 12.5. The van der Waals surface area contributed by atoms with Gasteiger partial charge in [-0.2, -0.15) is 0 Å². The molecule has 4 rings (SSSR count). The first-order valence-electron chi connectivity index (χ1n) is 9.11. The van der Waals surface area contributed by atoms with E-state index in [0.717, 1.165) is 4.47 Å². The van der Waals surface area contributed by atoms with Crippen LogP contribution in [0.15, 0.2) is 50.5 Å². The number of hydrogen-bond donors (Lipinski definition) is 2. The number of benzene rings is 1. The van der Waals surface area contributed by atoms with Crippen LogP contribution in [0.4, 0.5) is 0 Å². The summed E-state index contributed by atoms with van der Waals surface area (Å²) in [5.74, 6) is -0.787. The molecule has 8 nitrogen and oxygen atoms in total. The van der Waals surface area contributed by atoms with Gasteiger partial charge < -0.3 is 19.6 Å². The van der Waals surface area contributed by atoms with Gasteiger partial charge in [0.25, 0.3) is 11.8 Å². The van der Waals surface area contributed by atoms with Crippen LogP contribution in [0.2, 0.25) is 5.02 Å². The first-order chi connectivity index (χ1) is 14.8. The second-order valence-corrected chi connectivity index (χ2v) is 9.35. The molecule has 2 amide bonds. The number of thioether (sulfide) groups is 1. The van der Waals surface area contributed by atoms with E-state index in [0.29, 0.717) is 27.9 Å². The first-order valence-corrected chi connectivity index (χ1v) is 11.3. The van der Waals surface area contributed by atoms with Gasteiger partial charge in [-0.25, -0.2) is 4.79 Å². The number of carbonyl (C=O) groups excluding carboxylic acids is 2. The zero-order valence-electron chi connectivity index (χ0n) is 16.1. The molecule has 0 aliphatic carbocycles. The molecule has 1 fully saturated rings. The van der Waals surface area contributed by atoms with Gasteiger partial charge >= 0.3 is 5.97 Å². The summed E-state index contributed by atoms with van der Waals surface area (Å²) in [5, 5.41) is 12.0. The molecular formula is C20H16BrClN2O6S. The van der Waals surface area contributed by atoms with E-state index in [1.165, 1.54) is 22.7 Å². The quantitative estimate of drug-likeness (QED) is 0.552. The zero-order valence-corrected chi connectivity index (χ0v) is 19.2. The van der Waals surface area contributed by atoms with Crippen LogP contribution in [0.5, 0.6) is 5.75 Å². The van der Waals surface area contributed by atoms with Gasteiger partial charge in [-0.05, 0) is 42.8 Å². The molecule has 0 spiro atoms. The summed E-state index contributed by atoms with van der Waals surface area (Å²) < 4.78 is 12.0. The number of rotatable bonds is 6. The Hall–Kier alpha value is -2.43. The molecule has 1 saturated heterocycles. The Labute approximate surface area is 194 Å². The van der Waals surface area contributed by atoms with Crippen LogP contribution in [0.3, 0.4) is 0 Å². The Kier molecular flexibility index (Phi) is 6.05. The van der Waals surface area contributed by atoms with Gasteiger partial charge in [0.1, 0.15) is 35.2 Å². The van der Waals surface area contributed by atoms with E-state index in [9.17, 15) is 19.5 Å². The van der Waals surface area contributed by atoms with Crippen LogP contribution in [0.25, 0.3) is 0 Å². The number of ether oxygens (including phenoxy) is 1. The van der Waals surface area contributed by atoms with Crippen molar-refractivity contribution in [2.24, 2.45) is 0 Å². The molecule has 2 aliphatic heterocycles. The molecule has 2 N–H and O–H groups in total. The molecule has 0 radical (unpaired) electrons. The van der Waals surface area contributed by atoms with Crippen molar-refractivity contribution < 1.29 is 28.6 Å². The lowest BCUT2D eigenvalue weighted by Gasteiger charge is -2.49. The van der Waals surface area contributed by atoms with Crippen molar-refractivity contribution in [1.82, 2.24) is 10.2 Å². The lowest BCUT2D eigenvalue weighted by molar-refractivity contribution is -0.148. The largest absolute Gasteiger partial charge is 0.484 e. The molecule has 11 heteroatoms. The molecule has 2 atom stereocenters. The van der Waals surface area contributed by atoms with Crippen molar-refractivity contribution in [2.75, 3.05) is 5.75 Å². The van der Waals surface area contributed by atoms with Crippen LogP contribution < -0.4 is 10.1 Å². The molecule has 162 valence electrons. The molecule has 3 heterocycles. The standard InChI is InChI=1S/C20H16BrClN2O6S/c1-9-8-31-19-15(18(26)24(19)16(9)20(27)28)23-17(25)14-5-3-11(30-14)7-29-13-4-2-10(21)6-12(13)22/h2-6,15,19H,7-8H2,1H3,(H,23,25)(H,27,28)/t15-,19-/m1/s1. The minimum absolute atomic E-state index is 0.0108. The Morgan fingerprint density at radius 3 is 2.87 bits per heavy atom. The average molecular weight is 528 g/mol. The van der Waals surface area contributed by atoms with Crippen LogP contribution in [0.1, 0.15) is 23.2 Å². The van der Waals surface area contributed by atoms with Gasteiger partial charge in [0.15, 0.2) is 5.76 Å². The third-order valence-corrected chi connectivity index (χ3v) is 7.01. The van der Waals surface area contributed by atoms with Crippen molar-refractivity contribution in [1.29, 1.82) is 0 Å². The number of fused-ring (bicyclic) bond motifs is 1. The highest BCUT2D eigenvalue weighted by molar-refractivity contribution is 9.10. The number of nitrogens with zero attached hydrogens (tertiary/aromatic N) is 1. The van der Waals surface area contributed by atoms with Gasteiger partial charge in [0.2, 0.25) is 0 Å². The maximum Gasteiger partial charge on any atom is 0.352 e. The highest BCUT2D eigenvalue weighted by Crippen LogP contribution is 2.40. The molecule has 1 aromatic carbocycles. The molecule has 1 aromatic heterocycles. The van der Waals surface area contributed by atoms with Gasteiger partial charge in [-0.15, -0.1) is 11.8 Å². The van der Waals surface area contributed by atoms with E-state index in [2.05, 4.69) is 21.2 Å². The summed E-state index contributed by atoms with van der Waals surface area (Å²) in [4.78, 5) is 37.7.